The summed E-state index contributed by atoms with van der Waals surface area (Å²) in [7, 11) is -1.40. The Bertz CT molecular complexity index is 959. The van der Waals surface area contributed by atoms with Gasteiger partial charge in [-0.1, -0.05) is 35.5 Å². The molecule has 2 aromatic rings. The molecule has 0 unspecified atom stereocenters. The molecule has 1 fully saturated rings. The molecular weight excluding hydrogens is 404 g/mol. The van der Waals surface area contributed by atoms with Crippen LogP contribution in [0, 0.1) is 0 Å². The van der Waals surface area contributed by atoms with Gasteiger partial charge in [0.2, 0.25) is 0 Å². The molecule has 0 amide bonds. The predicted molar refractivity (Wildman–Crippen MR) is 112 cm³/mol. The number of amidine groups is 1. The average molecular weight is 423 g/mol. The highest BCUT2D eigenvalue weighted by atomic mass is 35.5. The maximum atomic E-state index is 12.1. The minimum absolute atomic E-state index is 0.119. The monoisotopic (exact) mass is 422 g/mol. The summed E-state index contributed by atoms with van der Waals surface area (Å²) >= 11 is 7.64. The van der Waals surface area contributed by atoms with Gasteiger partial charge < -0.3 is 9.64 Å². The minimum Gasteiger partial charge on any atom is -0.497 e. The molecule has 0 saturated carbocycles. The van der Waals surface area contributed by atoms with Gasteiger partial charge in [0, 0.05) is 16.5 Å². The van der Waals surface area contributed by atoms with Crippen LogP contribution < -0.4 is 9.64 Å². The number of anilines is 1. The molecular formula is C19H19ClN2O3S2. The van der Waals surface area contributed by atoms with Crippen LogP contribution in [0.4, 0.5) is 5.69 Å². The van der Waals surface area contributed by atoms with Gasteiger partial charge in [-0.25, -0.2) is 8.42 Å². The lowest BCUT2D eigenvalue weighted by Crippen LogP contribution is -2.39. The number of ether oxygens (including phenoxy) is 1. The maximum Gasteiger partial charge on any atom is 0.164 e. The van der Waals surface area contributed by atoms with Crippen molar-refractivity contribution in [3.8, 4) is 5.75 Å². The first-order chi connectivity index (χ1) is 12.9. The highest BCUT2D eigenvalue weighted by molar-refractivity contribution is 8.13. The van der Waals surface area contributed by atoms with Gasteiger partial charge in [0.1, 0.15) is 5.75 Å². The van der Waals surface area contributed by atoms with E-state index < -0.39 is 9.84 Å². The number of rotatable bonds is 4. The molecule has 142 valence electrons. The minimum atomic E-state index is -3.05. The Morgan fingerprint density at radius 3 is 2.52 bits per heavy atom. The molecule has 0 bridgehead atoms. The van der Waals surface area contributed by atoms with Gasteiger partial charge in [0.25, 0.3) is 0 Å². The Morgan fingerprint density at radius 2 is 1.85 bits per heavy atom. The first kappa shape index (κ1) is 18.7. The highest BCUT2D eigenvalue weighted by Crippen LogP contribution is 2.36. The van der Waals surface area contributed by atoms with Gasteiger partial charge in [-0.2, -0.15) is 0 Å². The number of aliphatic imine (C=N–C) groups is 1. The second-order valence-electron chi connectivity index (χ2n) is 6.61. The lowest BCUT2D eigenvalue weighted by molar-refractivity contribution is 0.414. The van der Waals surface area contributed by atoms with Crippen LogP contribution in [-0.4, -0.2) is 44.3 Å². The third-order valence-electron chi connectivity index (χ3n) is 4.74. The van der Waals surface area contributed by atoms with E-state index in [1.165, 1.54) is 0 Å². The molecule has 4 rings (SSSR count). The molecule has 0 aliphatic carbocycles. The van der Waals surface area contributed by atoms with Crippen molar-refractivity contribution in [1.29, 1.82) is 0 Å². The summed E-state index contributed by atoms with van der Waals surface area (Å²) in [5, 5.41) is 1.51. The molecule has 2 atom stereocenters. The van der Waals surface area contributed by atoms with Gasteiger partial charge in [-0.3, -0.25) is 4.99 Å². The second-order valence-corrected chi connectivity index (χ2v) is 10.1. The van der Waals surface area contributed by atoms with Crippen LogP contribution in [0.5, 0.6) is 5.75 Å². The SMILES string of the molecule is COc1ccc(CSC2=N[C@@H]3CS(=O)(=O)C[C@@H]3N2c2ccc(Cl)cc2)cc1. The standard InChI is InChI=1S/C19H19ClN2O3S2/c1-25-16-8-2-13(3-9-16)10-26-19-21-17-11-27(23,24)12-18(17)22(19)15-6-4-14(20)5-7-15/h2-9,17-18H,10-12H2,1H3/t17-,18+/m1/s1. The summed E-state index contributed by atoms with van der Waals surface area (Å²) in [6.45, 7) is 0. The van der Waals surface area contributed by atoms with E-state index in [9.17, 15) is 8.42 Å². The van der Waals surface area contributed by atoms with Gasteiger partial charge in [0.05, 0.1) is 30.7 Å². The number of hydrogen-bond acceptors (Lipinski definition) is 6. The van der Waals surface area contributed by atoms with Crippen LogP contribution in [0.3, 0.4) is 0 Å². The lowest BCUT2D eigenvalue weighted by atomic mass is 10.1. The van der Waals surface area contributed by atoms with Crippen molar-refractivity contribution >= 4 is 44.1 Å². The number of fused-ring (bicyclic) bond motifs is 1. The van der Waals surface area contributed by atoms with Crippen LogP contribution >= 0.6 is 23.4 Å². The smallest absolute Gasteiger partial charge is 0.164 e. The average Bonchev–Trinajstić information content (AvgIpc) is 3.12. The van der Waals surface area contributed by atoms with Crippen molar-refractivity contribution in [2.75, 3.05) is 23.5 Å². The van der Waals surface area contributed by atoms with E-state index >= 15 is 0 Å². The summed E-state index contributed by atoms with van der Waals surface area (Å²) in [4.78, 5) is 6.80. The van der Waals surface area contributed by atoms with E-state index in [0.29, 0.717) is 5.02 Å². The first-order valence-electron chi connectivity index (χ1n) is 8.54. The summed E-state index contributed by atoms with van der Waals surface area (Å²) in [5.74, 6) is 1.83. The van der Waals surface area contributed by atoms with E-state index in [1.54, 1.807) is 18.9 Å². The Morgan fingerprint density at radius 1 is 1.15 bits per heavy atom. The second kappa shape index (κ2) is 7.37. The molecule has 27 heavy (non-hydrogen) atoms. The zero-order valence-corrected chi connectivity index (χ0v) is 17.1. The van der Waals surface area contributed by atoms with Crippen molar-refractivity contribution in [1.82, 2.24) is 0 Å². The topological polar surface area (TPSA) is 59.0 Å². The fraction of sp³-hybridized carbons (Fsp3) is 0.316. The Labute approximate surface area is 168 Å². The van der Waals surface area contributed by atoms with Gasteiger partial charge in [-0.05, 0) is 42.0 Å². The molecule has 1 saturated heterocycles. The van der Waals surface area contributed by atoms with E-state index in [1.807, 2.05) is 48.5 Å². The predicted octanol–water partition coefficient (Wildman–Crippen LogP) is 3.62. The van der Waals surface area contributed by atoms with Crippen LogP contribution in [0.1, 0.15) is 5.56 Å². The molecule has 0 N–H and O–H groups in total. The van der Waals surface area contributed by atoms with Crippen LogP contribution in [0.15, 0.2) is 53.5 Å². The van der Waals surface area contributed by atoms with Crippen molar-refractivity contribution < 1.29 is 13.2 Å². The summed E-state index contributed by atoms with van der Waals surface area (Å²) < 4.78 is 29.4. The largest absolute Gasteiger partial charge is 0.497 e. The van der Waals surface area contributed by atoms with E-state index in [0.717, 1.165) is 27.9 Å². The van der Waals surface area contributed by atoms with Gasteiger partial charge in [0.15, 0.2) is 15.0 Å². The third-order valence-corrected chi connectivity index (χ3v) is 7.73. The van der Waals surface area contributed by atoms with Crippen molar-refractivity contribution in [2.45, 2.75) is 17.8 Å². The molecule has 0 aromatic heterocycles. The van der Waals surface area contributed by atoms with Gasteiger partial charge >= 0.3 is 0 Å². The molecule has 2 aliphatic rings. The van der Waals surface area contributed by atoms with Crippen LogP contribution in [0.25, 0.3) is 0 Å². The number of hydrogen-bond donors (Lipinski definition) is 0. The summed E-state index contributed by atoms with van der Waals surface area (Å²) in [6.07, 6.45) is 0. The Kier molecular flexibility index (Phi) is 5.09. The normalized spacial score (nSPS) is 23.2. The highest BCUT2D eigenvalue weighted by Gasteiger charge is 2.47. The fourth-order valence-electron chi connectivity index (χ4n) is 3.41. The third kappa shape index (κ3) is 3.95. The molecule has 2 aliphatic heterocycles. The Hall–Kier alpha value is -1.70. The number of methoxy groups -OCH3 is 1. The summed E-state index contributed by atoms with van der Waals surface area (Å²) in [6, 6.07) is 15.0. The van der Waals surface area contributed by atoms with E-state index in [2.05, 4.69) is 4.90 Å². The number of nitrogens with zero attached hydrogens (tertiary/aromatic N) is 2. The quantitative estimate of drug-likeness (QED) is 0.753. The maximum absolute atomic E-state index is 12.1. The fourth-order valence-corrected chi connectivity index (χ4v) is 6.46. The van der Waals surface area contributed by atoms with Crippen molar-refractivity contribution in [3.63, 3.8) is 0 Å². The molecule has 0 radical (unpaired) electrons. The van der Waals surface area contributed by atoms with Crippen molar-refractivity contribution in [3.05, 3.63) is 59.1 Å². The molecule has 5 nitrogen and oxygen atoms in total. The van der Waals surface area contributed by atoms with E-state index in [-0.39, 0.29) is 23.6 Å². The first-order valence-corrected chi connectivity index (χ1v) is 11.7. The van der Waals surface area contributed by atoms with Crippen LogP contribution in [-0.2, 0) is 15.6 Å². The van der Waals surface area contributed by atoms with E-state index in [4.69, 9.17) is 21.3 Å². The Balaban J connectivity index is 1.57. The lowest BCUT2D eigenvalue weighted by Gasteiger charge is -2.26. The molecule has 0 spiro atoms. The zero-order chi connectivity index (χ0) is 19.0. The molecule has 2 heterocycles. The van der Waals surface area contributed by atoms with Crippen molar-refractivity contribution in [2.24, 2.45) is 4.99 Å². The van der Waals surface area contributed by atoms with Gasteiger partial charge in [-0.15, -0.1) is 0 Å². The number of thioether (sulfide) groups is 1. The zero-order valence-electron chi connectivity index (χ0n) is 14.7. The molecule has 2 aromatic carbocycles. The number of halogens is 1. The molecule has 8 heteroatoms. The van der Waals surface area contributed by atoms with Crippen LogP contribution in [0.2, 0.25) is 5.02 Å². The number of benzene rings is 2. The summed E-state index contributed by atoms with van der Waals surface area (Å²) in [5.41, 5.74) is 2.08. The number of sulfone groups is 1.